The SMILES string of the molecule is CCc1cc2cc(C)c(Cl)cc2nc1Cl. The summed E-state index contributed by atoms with van der Waals surface area (Å²) >= 11 is 12.1. The lowest BCUT2D eigenvalue weighted by Gasteiger charge is -2.05. The zero-order chi connectivity index (χ0) is 11.0. The Morgan fingerprint density at radius 3 is 2.60 bits per heavy atom. The van der Waals surface area contributed by atoms with Crippen LogP contribution >= 0.6 is 23.2 Å². The Bertz CT molecular complexity index is 521. The summed E-state index contributed by atoms with van der Waals surface area (Å²) in [6, 6.07) is 5.98. The normalized spacial score (nSPS) is 10.9. The van der Waals surface area contributed by atoms with E-state index < -0.39 is 0 Å². The summed E-state index contributed by atoms with van der Waals surface area (Å²) in [5.74, 6) is 0. The van der Waals surface area contributed by atoms with Gasteiger partial charge < -0.3 is 0 Å². The molecule has 1 aromatic carbocycles. The van der Waals surface area contributed by atoms with Crippen molar-refractivity contribution in [1.29, 1.82) is 0 Å². The molecule has 3 heteroatoms. The molecule has 0 amide bonds. The van der Waals surface area contributed by atoms with Gasteiger partial charge in [-0.2, -0.15) is 0 Å². The van der Waals surface area contributed by atoms with E-state index in [-0.39, 0.29) is 0 Å². The standard InChI is InChI=1S/C12H11Cl2N/c1-3-8-5-9-4-7(2)10(13)6-11(9)15-12(8)14/h4-6H,3H2,1-2H3. The van der Waals surface area contributed by atoms with E-state index in [1.54, 1.807) is 0 Å². The van der Waals surface area contributed by atoms with Crippen LogP contribution in [-0.2, 0) is 6.42 Å². The third-order valence-corrected chi connectivity index (χ3v) is 3.24. The third-order valence-electron chi connectivity index (χ3n) is 2.50. The molecule has 15 heavy (non-hydrogen) atoms. The minimum absolute atomic E-state index is 0.574. The molecule has 0 aliphatic carbocycles. The quantitative estimate of drug-likeness (QED) is 0.672. The van der Waals surface area contributed by atoms with E-state index in [2.05, 4.69) is 18.0 Å². The van der Waals surface area contributed by atoms with Crippen molar-refractivity contribution in [2.45, 2.75) is 20.3 Å². The highest BCUT2D eigenvalue weighted by Crippen LogP contribution is 2.26. The second-order valence-corrected chi connectivity index (χ2v) is 4.35. The Kier molecular flexibility index (Phi) is 2.85. The van der Waals surface area contributed by atoms with E-state index in [9.17, 15) is 0 Å². The highest BCUT2D eigenvalue weighted by molar-refractivity contribution is 6.32. The lowest BCUT2D eigenvalue weighted by Crippen LogP contribution is -1.89. The minimum atomic E-state index is 0.574. The maximum Gasteiger partial charge on any atom is 0.132 e. The van der Waals surface area contributed by atoms with Gasteiger partial charge in [-0.3, -0.25) is 0 Å². The number of hydrogen-bond acceptors (Lipinski definition) is 1. The van der Waals surface area contributed by atoms with Crippen molar-refractivity contribution in [2.75, 3.05) is 0 Å². The van der Waals surface area contributed by atoms with Crippen molar-refractivity contribution in [1.82, 2.24) is 4.98 Å². The maximum absolute atomic E-state index is 6.04. The molecular weight excluding hydrogens is 229 g/mol. The van der Waals surface area contributed by atoms with Crippen molar-refractivity contribution in [3.05, 3.63) is 39.5 Å². The molecule has 1 aromatic heterocycles. The minimum Gasteiger partial charge on any atom is -0.236 e. The average molecular weight is 240 g/mol. The highest BCUT2D eigenvalue weighted by atomic mass is 35.5. The van der Waals surface area contributed by atoms with Gasteiger partial charge in [0.2, 0.25) is 0 Å². The molecule has 0 N–H and O–H groups in total. The number of benzene rings is 1. The molecule has 0 bridgehead atoms. The maximum atomic E-state index is 6.04. The van der Waals surface area contributed by atoms with Crippen LogP contribution in [-0.4, -0.2) is 4.98 Å². The van der Waals surface area contributed by atoms with E-state index in [4.69, 9.17) is 23.2 Å². The second-order valence-electron chi connectivity index (χ2n) is 3.59. The number of halogens is 2. The first kappa shape index (κ1) is 10.7. The van der Waals surface area contributed by atoms with E-state index in [1.807, 2.05) is 19.1 Å². The topological polar surface area (TPSA) is 12.9 Å². The van der Waals surface area contributed by atoms with Crippen LogP contribution in [0.5, 0.6) is 0 Å². The summed E-state index contributed by atoms with van der Waals surface area (Å²) in [6.07, 6.45) is 0.892. The monoisotopic (exact) mass is 239 g/mol. The largest absolute Gasteiger partial charge is 0.236 e. The van der Waals surface area contributed by atoms with E-state index in [0.717, 1.165) is 33.5 Å². The lowest BCUT2D eigenvalue weighted by molar-refractivity contribution is 1.12. The molecule has 1 nitrogen and oxygen atoms in total. The van der Waals surface area contributed by atoms with Crippen molar-refractivity contribution in [3.8, 4) is 0 Å². The summed E-state index contributed by atoms with van der Waals surface area (Å²) in [7, 11) is 0. The first-order valence-corrected chi connectivity index (χ1v) is 5.62. The molecule has 0 unspecified atom stereocenters. The van der Waals surface area contributed by atoms with Crippen LogP contribution in [0.4, 0.5) is 0 Å². The summed E-state index contributed by atoms with van der Waals surface area (Å²) in [4.78, 5) is 4.33. The fraction of sp³-hybridized carbons (Fsp3) is 0.250. The van der Waals surface area contributed by atoms with Gasteiger partial charge in [-0.1, -0.05) is 30.1 Å². The zero-order valence-corrected chi connectivity index (χ0v) is 10.2. The number of hydrogen-bond donors (Lipinski definition) is 0. The van der Waals surface area contributed by atoms with Gasteiger partial charge in [0.05, 0.1) is 5.52 Å². The summed E-state index contributed by atoms with van der Waals surface area (Å²) < 4.78 is 0. The zero-order valence-electron chi connectivity index (χ0n) is 8.64. The van der Waals surface area contributed by atoms with Crippen molar-refractivity contribution < 1.29 is 0 Å². The van der Waals surface area contributed by atoms with Crippen LogP contribution in [0, 0.1) is 6.92 Å². The van der Waals surface area contributed by atoms with Crippen LogP contribution in [0.3, 0.4) is 0 Å². The van der Waals surface area contributed by atoms with Crippen LogP contribution in [0.15, 0.2) is 18.2 Å². The smallest absolute Gasteiger partial charge is 0.132 e. The van der Waals surface area contributed by atoms with Gasteiger partial charge in [-0.25, -0.2) is 4.98 Å². The number of nitrogens with zero attached hydrogens (tertiary/aromatic N) is 1. The van der Waals surface area contributed by atoms with Gasteiger partial charge in [0.15, 0.2) is 0 Å². The highest BCUT2D eigenvalue weighted by Gasteiger charge is 2.05. The Morgan fingerprint density at radius 1 is 1.20 bits per heavy atom. The molecular formula is C12H11Cl2N. The molecule has 2 rings (SSSR count). The third kappa shape index (κ3) is 1.95. The number of fused-ring (bicyclic) bond motifs is 1. The lowest BCUT2D eigenvalue weighted by atomic mass is 10.1. The number of aryl methyl sites for hydroxylation is 2. The van der Waals surface area contributed by atoms with Gasteiger partial charge in [0.25, 0.3) is 0 Å². The predicted octanol–water partition coefficient (Wildman–Crippen LogP) is 4.41. The fourth-order valence-electron chi connectivity index (χ4n) is 1.58. The van der Waals surface area contributed by atoms with Crippen LogP contribution in [0.1, 0.15) is 18.1 Å². The van der Waals surface area contributed by atoms with E-state index in [0.29, 0.717) is 5.15 Å². The van der Waals surface area contributed by atoms with Gasteiger partial charge in [0.1, 0.15) is 5.15 Å². The van der Waals surface area contributed by atoms with Crippen LogP contribution < -0.4 is 0 Å². The molecule has 0 atom stereocenters. The number of pyridine rings is 1. The van der Waals surface area contributed by atoms with Crippen molar-refractivity contribution >= 4 is 34.1 Å². The van der Waals surface area contributed by atoms with E-state index >= 15 is 0 Å². The molecule has 0 aliphatic rings. The number of rotatable bonds is 1. The first-order valence-electron chi connectivity index (χ1n) is 4.87. The second kappa shape index (κ2) is 3.99. The molecule has 0 aliphatic heterocycles. The molecule has 2 aromatic rings. The molecule has 0 radical (unpaired) electrons. The Hall–Kier alpha value is -0.790. The van der Waals surface area contributed by atoms with Crippen LogP contribution in [0.2, 0.25) is 10.2 Å². The van der Waals surface area contributed by atoms with Gasteiger partial charge in [0, 0.05) is 10.4 Å². The molecule has 78 valence electrons. The van der Waals surface area contributed by atoms with Crippen molar-refractivity contribution in [2.24, 2.45) is 0 Å². The summed E-state index contributed by atoms with van der Waals surface area (Å²) in [5.41, 5.74) is 2.99. The Balaban J connectivity index is 2.76. The summed E-state index contributed by atoms with van der Waals surface area (Å²) in [6.45, 7) is 4.06. The van der Waals surface area contributed by atoms with Gasteiger partial charge in [-0.05, 0) is 42.7 Å². The molecule has 1 heterocycles. The summed E-state index contributed by atoms with van der Waals surface area (Å²) in [5, 5.41) is 2.40. The molecule has 0 fully saturated rings. The van der Waals surface area contributed by atoms with Gasteiger partial charge >= 0.3 is 0 Å². The molecule has 0 saturated carbocycles. The first-order chi connectivity index (χ1) is 7.11. The predicted molar refractivity (Wildman–Crippen MR) is 65.9 cm³/mol. The molecule has 0 saturated heterocycles. The molecule has 0 spiro atoms. The average Bonchev–Trinajstić information content (AvgIpc) is 2.20. The van der Waals surface area contributed by atoms with Crippen molar-refractivity contribution in [3.63, 3.8) is 0 Å². The van der Waals surface area contributed by atoms with Gasteiger partial charge in [-0.15, -0.1) is 0 Å². The fourth-order valence-corrected chi connectivity index (χ4v) is 2.02. The number of aromatic nitrogens is 1. The van der Waals surface area contributed by atoms with E-state index in [1.165, 1.54) is 0 Å². The van der Waals surface area contributed by atoms with Crippen LogP contribution in [0.25, 0.3) is 10.9 Å². The Labute approximate surface area is 99.0 Å². The Morgan fingerprint density at radius 2 is 1.93 bits per heavy atom.